The van der Waals surface area contributed by atoms with Crippen molar-refractivity contribution in [3.63, 3.8) is 0 Å². The predicted octanol–water partition coefficient (Wildman–Crippen LogP) is 10.1. The fourth-order valence-corrected chi connectivity index (χ4v) is 5.32. The molecule has 0 bridgehead atoms. The smallest absolute Gasteiger partial charge is 0.341 e. The number of carbonyl (C=O) groups excluding carboxylic acids is 2. The highest BCUT2D eigenvalue weighted by molar-refractivity contribution is 6.33. The normalized spacial score (nSPS) is 10.7. The second kappa shape index (κ2) is 19.9. The monoisotopic (exact) mass is 791 g/mol. The van der Waals surface area contributed by atoms with Gasteiger partial charge in [0.15, 0.2) is 0 Å². The molecule has 1 N–H and O–H groups in total. The van der Waals surface area contributed by atoms with E-state index in [4.69, 9.17) is 30.5 Å². The second-order valence-corrected chi connectivity index (χ2v) is 13.5. The van der Waals surface area contributed by atoms with Crippen LogP contribution >= 0.6 is 11.6 Å². The number of benzene rings is 4. The van der Waals surface area contributed by atoms with Gasteiger partial charge in [-0.15, -0.1) is 0 Å². The van der Waals surface area contributed by atoms with E-state index in [1.165, 1.54) is 32.9 Å². The van der Waals surface area contributed by atoms with E-state index in [0.717, 1.165) is 16.7 Å². The molecule has 58 heavy (non-hydrogen) atoms. The van der Waals surface area contributed by atoms with Crippen molar-refractivity contribution < 1.29 is 28.5 Å². The number of aromatic nitrogens is 3. The summed E-state index contributed by atoms with van der Waals surface area (Å²) >= 11 is 6.04. The summed E-state index contributed by atoms with van der Waals surface area (Å²) in [6.45, 7) is 6.26. The largest absolute Gasteiger partial charge is 0.503 e. The zero-order valence-electron chi connectivity index (χ0n) is 32.3. The summed E-state index contributed by atoms with van der Waals surface area (Å²) in [5, 5.41) is 12.3. The number of rotatable bonds is 10. The number of esters is 1. The first kappa shape index (κ1) is 41.7. The highest BCUT2D eigenvalue weighted by Gasteiger charge is 2.19. The number of halogens is 1. The third-order valence-corrected chi connectivity index (χ3v) is 8.13. The van der Waals surface area contributed by atoms with Crippen molar-refractivity contribution in [1.29, 1.82) is 5.26 Å². The molecule has 0 unspecified atom stereocenters. The molecule has 4 aromatic carbocycles. The molecule has 2 aromatic heterocycles. The molecule has 0 saturated carbocycles. The minimum absolute atomic E-state index is 0.0386. The lowest BCUT2D eigenvalue weighted by Gasteiger charge is -2.12. The van der Waals surface area contributed by atoms with Crippen LogP contribution in [0.2, 0.25) is 5.15 Å². The number of carbonyl (C=O) groups is 2. The zero-order chi connectivity index (χ0) is 41.5. The number of hydrogen-bond acceptors (Lipinski definition) is 10. The number of anilines is 1. The van der Waals surface area contributed by atoms with Gasteiger partial charge in [0.2, 0.25) is 11.8 Å². The number of nitriles is 1. The van der Waals surface area contributed by atoms with Gasteiger partial charge in [-0.25, -0.2) is 19.7 Å². The number of pyridine rings is 1. The van der Waals surface area contributed by atoms with Gasteiger partial charge in [0, 0.05) is 34.0 Å². The Balaban J connectivity index is 0.000000221. The molecule has 6 rings (SSSR count). The molecule has 0 spiro atoms. The van der Waals surface area contributed by atoms with Crippen LogP contribution in [-0.2, 0) is 14.3 Å². The van der Waals surface area contributed by atoms with Crippen molar-refractivity contribution in [2.75, 3.05) is 19.5 Å². The van der Waals surface area contributed by atoms with E-state index in [1.54, 1.807) is 66.9 Å². The molecule has 0 atom stereocenters. The molecule has 1 amide bonds. The number of nitrogens with zero attached hydrogens (tertiary/aromatic N) is 4. The van der Waals surface area contributed by atoms with Gasteiger partial charge in [0.25, 0.3) is 5.91 Å². The van der Waals surface area contributed by atoms with E-state index in [2.05, 4.69) is 59.0 Å². The van der Waals surface area contributed by atoms with E-state index in [1.807, 2.05) is 48.5 Å². The Morgan fingerprint density at radius 2 is 1.41 bits per heavy atom. The van der Waals surface area contributed by atoms with Gasteiger partial charge in [0.05, 0.1) is 37.7 Å². The quantitative estimate of drug-likeness (QED) is 0.0468. The molecule has 0 saturated heterocycles. The van der Waals surface area contributed by atoms with E-state index >= 15 is 0 Å². The maximum Gasteiger partial charge on any atom is 0.341 e. The fourth-order valence-electron chi connectivity index (χ4n) is 5.12. The summed E-state index contributed by atoms with van der Waals surface area (Å²) in [6.07, 6.45) is 4.10. The SMILES string of the molecule is CC(C)(C)C#Cc1ccc(-c2ccccc2NC(=O)c2cccnc2Cl)cc1.CO/C=C(/C(=O)OC)c1ccccc1Oc1cc(Oc2ccccc2C#N)ncn1. The van der Waals surface area contributed by atoms with E-state index < -0.39 is 5.97 Å². The molecule has 290 valence electrons. The maximum atomic E-state index is 12.6. The van der Waals surface area contributed by atoms with Crippen LogP contribution in [0.4, 0.5) is 5.69 Å². The van der Waals surface area contributed by atoms with Gasteiger partial charge in [-0.05, 0) is 74.9 Å². The number of nitrogens with one attached hydrogen (secondary N) is 1. The Kier molecular flexibility index (Phi) is 14.3. The van der Waals surface area contributed by atoms with Crippen molar-refractivity contribution in [2.45, 2.75) is 20.8 Å². The Morgan fingerprint density at radius 1 is 0.776 bits per heavy atom. The minimum Gasteiger partial charge on any atom is -0.503 e. The van der Waals surface area contributed by atoms with Crippen LogP contribution in [0.5, 0.6) is 23.3 Å². The predicted molar refractivity (Wildman–Crippen MR) is 222 cm³/mol. The molecule has 6 aromatic rings. The van der Waals surface area contributed by atoms with Gasteiger partial charge in [-0.1, -0.05) is 84.1 Å². The van der Waals surface area contributed by atoms with Gasteiger partial charge < -0.3 is 24.3 Å². The van der Waals surface area contributed by atoms with Crippen LogP contribution in [0.15, 0.2) is 134 Å². The Morgan fingerprint density at radius 3 is 2.09 bits per heavy atom. The molecule has 0 radical (unpaired) electrons. The number of amides is 1. The number of para-hydroxylation sites is 3. The summed E-state index contributed by atoms with van der Waals surface area (Å²) in [7, 11) is 2.71. The Labute approximate surface area is 341 Å². The maximum absolute atomic E-state index is 12.6. The molecule has 0 fully saturated rings. The van der Waals surface area contributed by atoms with Gasteiger partial charge in [-0.3, -0.25) is 4.79 Å². The van der Waals surface area contributed by atoms with E-state index in [9.17, 15) is 14.9 Å². The molecule has 0 aliphatic rings. The van der Waals surface area contributed by atoms with E-state index in [-0.39, 0.29) is 33.8 Å². The number of hydrogen-bond donors (Lipinski definition) is 1. The lowest BCUT2D eigenvalue weighted by molar-refractivity contribution is -0.133. The van der Waals surface area contributed by atoms with Gasteiger partial charge >= 0.3 is 5.97 Å². The van der Waals surface area contributed by atoms with Crippen molar-refractivity contribution in [3.8, 4) is 52.3 Å². The van der Waals surface area contributed by atoms with Crippen molar-refractivity contribution in [3.05, 3.63) is 161 Å². The summed E-state index contributed by atoms with van der Waals surface area (Å²) < 4.78 is 21.4. The second-order valence-electron chi connectivity index (χ2n) is 13.2. The van der Waals surface area contributed by atoms with Crippen LogP contribution in [0.1, 0.15) is 47.8 Å². The lowest BCUT2D eigenvalue weighted by Crippen LogP contribution is -2.13. The van der Waals surface area contributed by atoms with Crippen LogP contribution in [-0.4, -0.2) is 41.0 Å². The molecular formula is C46H38ClN5O6. The van der Waals surface area contributed by atoms with Crippen molar-refractivity contribution in [1.82, 2.24) is 15.0 Å². The molecule has 12 heteroatoms. The molecular weight excluding hydrogens is 754 g/mol. The topological polar surface area (TPSA) is 146 Å². The summed E-state index contributed by atoms with van der Waals surface area (Å²) in [5.74, 6) is 6.66. The standard InChI is InChI=1S/C24H21ClN2O.C22H17N3O5/c1-24(2,3)15-14-17-10-12-18(13-11-17)19-7-4-5-9-21(19)27-23(28)20-8-6-16-26-22(20)25;1-27-13-17(22(26)28-2)16-8-4-6-10-19(16)30-21-11-20(24-14-25-21)29-18-9-5-3-7-15(18)12-23/h4-13,16H,1-3H3,(H,27,28);3-11,13-14H,1-2H3/b;17-13+. The average Bonchev–Trinajstić information content (AvgIpc) is 3.23. The average molecular weight is 792 g/mol. The summed E-state index contributed by atoms with van der Waals surface area (Å²) in [6, 6.07) is 36.2. The first-order valence-electron chi connectivity index (χ1n) is 17.7. The van der Waals surface area contributed by atoms with E-state index in [0.29, 0.717) is 33.9 Å². The molecule has 0 aliphatic carbocycles. The first-order valence-corrected chi connectivity index (χ1v) is 18.1. The Hall–Kier alpha value is -7.47. The fraction of sp³-hybridized carbons (Fsp3) is 0.130. The Bertz CT molecular complexity index is 2530. The lowest BCUT2D eigenvalue weighted by atomic mass is 9.97. The molecule has 0 aliphatic heterocycles. The zero-order valence-corrected chi connectivity index (χ0v) is 33.1. The van der Waals surface area contributed by atoms with Crippen molar-refractivity contribution >= 4 is 34.7 Å². The van der Waals surface area contributed by atoms with Crippen LogP contribution in [0.3, 0.4) is 0 Å². The van der Waals surface area contributed by atoms with Gasteiger partial charge in [-0.2, -0.15) is 5.26 Å². The van der Waals surface area contributed by atoms with Crippen LogP contribution < -0.4 is 14.8 Å². The molecule has 2 heterocycles. The van der Waals surface area contributed by atoms with Crippen LogP contribution in [0, 0.1) is 28.6 Å². The summed E-state index contributed by atoms with van der Waals surface area (Å²) in [4.78, 5) is 36.8. The van der Waals surface area contributed by atoms with Crippen LogP contribution in [0.25, 0.3) is 16.7 Å². The van der Waals surface area contributed by atoms with Gasteiger partial charge in [0.1, 0.15) is 34.6 Å². The van der Waals surface area contributed by atoms with Crippen molar-refractivity contribution in [2.24, 2.45) is 5.41 Å². The molecule has 11 nitrogen and oxygen atoms in total. The number of methoxy groups -OCH3 is 2. The number of ether oxygens (including phenoxy) is 4. The highest BCUT2D eigenvalue weighted by Crippen LogP contribution is 2.33. The third kappa shape index (κ3) is 11.5. The summed E-state index contributed by atoms with van der Waals surface area (Å²) in [5.41, 5.74) is 4.90. The first-order chi connectivity index (χ1) is 28.0. The minimum atomic E-state index is -0.576. The third-order valence-electron chi connectivity index (χ3n) is 7.83. The highest BCUT2D eigenvalue weighted by atomic mass is 35.5.